The fourth-order valence-electron chi connectivity index (χ4n) is 5.78. The van der Waals surface area contributed by atoms with Gasteiger partial charge in [0.05, 0.1) is 0 Å². The van der Waals surface area contributed by atoms with E-state index in [1.807, 2.05) is 13.1 Å². The van der Waals surface area contributed by atoms with Crippen LogP contribution in [0.2, 0.25) is 0 Å². The first-order valence-corrected chi connectivity index (χ1v) is 11.4. The van der Waals surface area contributed by atoms with Crippen molar-refractivity contribution in [3.05, 3.63) is 77.4 Å². The second-order valence-corrected chi connectivity index (χ2v) is 9.51. The van der Waals surface area contributed by atoms with Gasteiger partial charge in [0.15, 0.2) is 5.78 Å². The van der Waals surface area contributed by atoms with Gasteiger partial charge in [0.25, 0.3) is 0 Å². The Kier molecular flexibility index (Phi) is 4.69. The van der Waals surface area contributed by atoms with Crippen LogP contribution in [-0.2, 0) is 0 Å². The number of hydrogen-bond donors (Lipinski definition) is 1. The van der Waals surface area contributed by atoms with Gasteiger partial charge >= 0.3 is 0 Å². The van der Waals surface area contributed by atoms with Crippen LogP contribution < -0.4 is 5.32 Å². The van der Waals surface area contributed by atoms with Crippen molar-refractivity contribution in [2.75, 3.05) is 12.4 Å². The van der Waals surface area contributed by atoms with E-state index in [1.165, 1.54) is 29.2 Å². The molecule has 2 saturated carbocycles. The summed E-state index contributed by atoms with van der Waals surface area (Å²) in [6.45, 7) is 4.41. The first-order valence-electron chi connectivity index (χ1n) is 11.4. The quantitative estimate of drug-likeness (QED) is 0.436. The zero-order valence-corrected chi connectivity index (χ0v) is 18.2. The lowest BCUT2D eigenvalue weighted by atomic mass is 9.90. The van der Waals surface area contributed by atoms with Crippen LogP contribution in [0, 0.1) is 24.2 Å². The summed E-state index contributed by atoms with van der Waals surface area (Å²) in [5.41, 5.74) is 4.82. The Morgan fingerprint density at radius 1 is 1.10 bits per heavy atom. The Balaban J connectivity index is 1.31. The molecule has 3 aromatic rings. The number of benzene rings is 3. The summed E-state index contributed by atoms with van der Waals surface area (Å²) in [6.07, 6.45) is 4.79. The molecule has 0 heterocycles. The van der Waals surface area contributed by atoms with Gasteiger partial charge < -0.3 is 5.32 Å². The number of carbonyl (C=O) groups is 1. The smallest absolute Gasteiger partial charge is 0.167 e. The van der Waals surface area contributed by atoms with Gasteiger partial charge in [-0.3, -0.25) is 4.79 Å². The molecule has 1 N–H and O–H groups in total. The minimum Gasteiger partial charge on any atom is -0.388 e. The molecule has 2 aliphatic rings. The topological polar surface area (TPSA) is 29.1 Å². The molecular formula is C28H31NO. The first-order chi connectivity index (χ1) is 14.5. The van der Waals surface area contributed by atoms with Gasteiger partial charge in [-0.2, -0.15) is 0 Å². The maximum Gasteiger partial charge on any atom is 0.167 e. The molecule has 0 aliphatic heterocycles. The van der Waals surface area contributed by atoms with Crippen molar-refractivity contribution in [3.8, 4) is 0 Å². The number of hydrogen-bond acceptors (Lipinski definition) is 2. The highest BCUT2D eigenvalue weighted by Crippen LogP contribution is 2.77. The lowest BCUT2D eigenvalue weighted by Gasteiger charge is -2.15. The average Bonchev–Trinajstić information content (AvgIpc) is 3.69. The molecule has 2 fully saturated rings. The van der Waals surface area contributed by atoms with Crippen LogP contribution in [0.5, 0.6) is 0 Å². The molecule has 2 nitrogen and oxygen atoms in total. The molecule has 2 aliphatic carbocycles. The van der Waals surface area contributed by atoms with Gasteiger partial charge in [0.1, 0.15) is 0 Å². The molecule has 2 unspecified atom stereocenters. The molecule has 2 heteroatoms. The Hall–Kier alpha value is -2.61. The third-order valence-electron chi connectivity index (χ3n) is 7.82. The minimum atomic E-state index is 0.239. The largest absolute Gasteiger partial charge is 0.388 e. The highest BCUT2D eigenvalue weighted by Gasteiger charge is 2.73. The number of fused-ring (bicyclic) bond motifs is 1. The van der Waals surface area contributed by atoms with Gasteiger partial charge in [-0.25, -0.2) is 0 Å². The van der Waals surface area contributed by atoms with Crippen molar-refractivity contribution in [2.45, 2.75) is 45.4 Å². The summed E-state index contributed by atoms with van der Waals surface area (Å²) in [5.74, 6) is 1.70. The standard InChI is InChI=1S/C28H31NO/c1-18(22-10-6-8-20-7-4-5-9-23(20)22)12-14-25-26(28(25)15-16-28)27(30)24-17-21(29-3)13-11-19(24)2/h4-11,13,17-18,25-26,29H,12,14-16H2,1-3H3/t18-,25?,26?/m0/s1. The van der Waals surface area contributed by atoms with Crippen molar-refractivity contribution < 1.29 is 4.79 Å². The van der Waals surface area contributed by atoms with E-state index in [0.29, 0.717) is 23.0 Å². The van der Waals surface area contributed by atoms with Crippen LogP contribution >= 0.6 is 0 Å². The predicted molar refractivity (Wildman–Crippen MR) is 125 cm³/mol. The fraction of sp³-hybridized carbons (Fsp3) is 0.393. The van der Waals surface area contributed by atoms with Crippen molar-refractivity contribution >= 4 is 22.2 Å². The molecule has 0 bridgehead atoms. The van der Waals surface area contributed by atoms with Gasteiger partial charge in [-0.05, 0) is 83.9 Å². The number of rotatable bonds is 7. The Bertz CT molecular complexity index is 1110. The molecular weight excluding hydrogens is 366 g/mol. The Labute approximate surface area is 179 Å². The molecule has 0 saturated heterocycles. The number of ketones is 1. The molecule has 5 rings (SSSR count). The monoisotopic (exact) mass is 397 g/mol. The second kappa shape index (κ2) is 7.27. The zero-order valence-electron chi connectivity index (χ0n) is 18.2. The van der Waals surface area contributed by atoms with Crippen molar-refractivity contribution in [1.29, 1.82) is 0 Å². The molecule has 154 valence electrons. The van der Waals surface area contributed by atoms with E-state index in [1.54, 1.807) is 0 Å². The third kappa shape index (κ3) is 3.14. The lowest BCUT2D eigenvalue weighted by molar-refractivity contribution is 0.0953. The highest BCUT2D eigenvalue weighted by atomic mass is 16.1. The first kappa shape index (κ1) is 19.4. The fourth-order valence-corrected chi connectivity index (χ4v) is 5.78. The van der Waals surface area contributed by atoms with Crippen LogP contribution in [0.25, 0.3) is 10.8 Å². The molecule has 30 heavy (non-hydrogen) atoms. The summed E-state index contributed by atoms with van der Waals surface area (Å²) >= 11 is 0. The predicted octanol–water partition coefficient (Wildman–Crippen LogP) is 6.98. The van der Waals surface area contributed by atoms with Crippen LogP contribution in [0.3, 0.4) is 0 Å². The summed E-state index contributed by atoms with van der Waals surface area (Å²) < 4.78 is 0. The number of aryl methyl sites for hydroxylation is 1. The Morgan fingerprint density at radius 2 is 1.87 bits per heavy atom. The van der Waals surface area contributed by atoms with Gasteiger partial charge in [0, 0.05) is 24.2 Å². The summed E-state index contributed by atoms with van der Waals surface area (Å²) in [6, 6.07) is 21.5. The zero-order chi connectivity index (χ0) is 20.9. The number of anilines is 1. The number of carbonyl (C=O) groups excluding carboxylic acids is 1. The van der Waals surface area contributed by atoms with E-state index < -0.39 is 0 Å². The summed E-state index contributed by atoms with van der Waals surface area (Å²) in [5, 5.41) is 5.87. The summed E-state index contributed by atoms with van der Waals surface area (Å²) in [4.78, 5) is 13.4. The average molecular weight is 398 g/mol. The van der Waals surface area contributed by atoms with E-state index in [4.69, 9.17) is 0 Å². The lowest BCUT2D eigenvalue weighted by Crippen LogP contribution is -2.08. The SMILES string of the molecule is CNc1ccc(C)c(C(=O)C2C(CC[C@H](C)c3cccc4ccccc34)C23CC3)c1. The maximum absolute atomic E-state index is 13.4. The molecule has 0 radical (unpaired) electrons. The van der Waals surface area contributed by atoms with Crippen LogP contribution in [0.15, 0.2) is 60.7 Å². The second-order valence-electron chi connectivity index (χ2n) is 9.51. The molecule has 1 spiro atoms. The van der Waals surface area contributed by atoms with Crippen molar-refractivity contribution in [2.24, 2.45) is 17.3 Å². The molecule has 0 amide bonds. The number of nitrogens with one attached hydrogen (secondary N) is 1. The Morgan fingerprint density at radius 3 is 2.63 bits per heavy atom. The van der Waals surface area contributed by atoms with Crippen LogP contribution in [0.4, 0.5) is 5.69 Å². The minimum absolute atomic E-state index is 0.239. The normalized spacial score (nSPS) is 22.1. The van der Waals surface area contributed by atoms with E-state index in [9.17, 15) is 4.79 Å². The molecule has 3 aromatic carbocycles. The number of Topliss-reactive ketones (excluding diaryl/α,β-unsaturated/α-hetero) is 1. The molecule has 0 aromatic heterocycles. The molecule has 3 atom stereocenters. The van der Waals surface area contributed by atoms with E-state index >= 15 is 0 Å². The maximum atomic E-state index is 13.4. The van der Waals surface area contributed by atoms with Crippen LogP contribution in [0.1, 0.15) is 60.0 Å². The van der Waals surface area contributed by atoms with E-state index in [2.05, 4.69) is 73.8 Å². The highest BCUT2D eigenvalue weighted by molar-refractivity contribution is 6.03. The summed E-state index contributed by atoms with van der Waals surface area (Å²) in [7, 11) is 1.91. The van der Waals surface area contributed by atoms with Crippen LogP contribution in [-0.4, -0.2) is 12.8 Å². The van der Waals surface area contributed by atoms with Gasteiger partial charge in [0.2, 0.25) is 0 Å². The van der Waals surface area contributed by atoms with Gasteiger partial charge in [-0.15, -0.1) is 0 Å². The van der Waals surface area contributed by atoms with Gasteiger partial charge in [-0.1, -0.05) is 55.5 Å². The van der Waals surface area contributed by atoms with Crippen molar-refractivity contribution in [3.63, 3.8) is 0 Å². The van der Waals surface area contributed by atoms with Crippen molar-refractivity contribution in [1.82, 2.24) is 0 Å². The van der Waals surface area contributed by atoms with E-state index in [0.717, 1.165) is 29.7 Å². The van der Waals surface area contributed by atoms with E-state index in [-0.39, 0.29) is 5.92 Å². The third-order valence-corrected chi connectivity index (χ3v) is 7.82.